The summed E-state index contributed by atoms with van der Waals surface area (Å²) in [5, 5.41) is 18.7. The molecular weight excluding hydrogens is 292 g/mol. The molecule has 1 aliphatic carbocycles. The second-order valence-corrected chi connectivity index (χ2v) is 6.33. The minimum Gasteiger partial charge on any atom is -0.481 e. The van der Waals surface area contributed by atoms with Gasteiger partial charge in [-0.25, -0.2) is 4.98 Å². The van der Waals surface area contributed by atoms with E-state index in [1.54, 1.807) is 6.92 Å². The van der Waals surface area contributed by atoms with Crippen molar-refractivity contribution in [1.29, 1.82) is 0 Å². The number of carboxylic acid groups (broad SMARTS) is 1. The Bertz CT molecular complexity index is 777. The molecule has 1 atom stereocenters. The fraction of sp³-hybridized carbons (Fsp3) is 0.500. The Morgan fingerprint density at radius 2 is 2.29 bits per heavy atom. The number of carbonyl (C=O) groups is 1. The number of hydrogen-bond donors (Lipinski definition) is 2. The molecule has 112 valence electrons. The highest BCUT2D eigenvalue weighted by molar-refractivity contribution is 7.18. The minimum absolute atomic E-state index is 0.00339. The third-order valence-electron chi connectivity index (χ3n) is 3.96. The summed E-state index contributed by atoms with van der Waals surface area (Å²) in [6, 6.07) is 0. The van der Waals surface area contributed by atoms with Crippen molar-refractivity contribution >= 4 is 27.5 Å². The van der Waals surface area contributed by atoms with Gasteiger partial charge < -0.3 is 10.2 Å². The predicted molar refractivity (Wildman–Crippen MR) is 79.0 cm³/mol. The molecule has 2 aromatic heterocycles. The normalized spacial score (nSPS) is 17.3. The summed E-state index contributed by atoms with van der Waals surface area (Å²) in [7, 11) is 0. The Balaban J connectivity index is 2.24. The first kappa shape index (κ1) is 14.2. The van der Waals surface area contributed by atoms with Gasteiger partial charge in [0.15, 0.2) is 0 Å². The molecule has 0 spiro atoms. The molecule has 0 saturated carbocycles. The number of rotatable bonds is 4. The number of aliphatic hydroxyl groups excluding tert-OH is 1. The van der Waals surface area contributed by atoms with Gasteiger partial charge in [-0.05, 0) is 31.7 Å². The van der Waals surface area contributed by atoms with E-state index in [1.165, 1.54) is 15.9 Å². The van der Waals surface area contributed by atoms with Gasteiger partial charge in [-0.3, -0.25) is 14.2 Å². The number of carboxylic acids is 1. The van der Waals surface area contributed by atoms with Crippen molar-refractivity contribution in [2.45, 2.75) is 38.6 Å². The van der Waals surface area contributed by atoms with Crippen LogP contribution in [0.4, 0.5) is 0 Å². The maximum Gasteiger partial charge on any atom is 0.311 e. The van der Waals surface area contributed by atoms with Crippen LogP contribution in [0, 0.1) is 6.92 Å². The van der Waals surface area contributed by atoms with Crippen LogP contribution in [0.2, 0.25) is 0 Å². The Labute approximate surface area is 124 Å². The molecule has 0 radical (unpaired) electrons. The molecule has 0 fully saturated rings. The van der Waals surface area contributed by atoms with Gasteiger partial charge in [0.1, 0.15) is 10.7 Å². The standard InChI is InChI=1S/C14H16N2O4S/c1-7-15-12-11(13(18)16(7)5-2-6-17)10-8(14(19)20)3-4-9(10)21-12/h8,17H,2-6H2,1H3,(H,19,20). The second-order valence-electron chi connectivity index (χ2n) is 5.24. The molecule has 2 heterocycles. The van der Waals surface area contributed by atoms with Crippen LogP contribution in [0.25, 0.3) is 10.2 Å². The zero-order valence-corrected chi connectivity index (χ0v) is 12.4. The summed E-state index contributed by atoms with van der Waals surface area (Å²) in [6.45, 7) is 2.16. The highest BCUT2D eigenvalue weighted by Gasteiger charge is 2.34. The molecule has 1 unspecified atom stereocenters. The minimum atomic E-state index is -0.879. The van der Waals surface area contributed by atoms with Crippen molar-refractivity contribution in [3.8, 4) is 0 Å². The van der Waals surface area contributed by atoms with Gasteiger partial charge in [0.25, 0.3) is 5.56 Å². The number of aryl methyl sites for hydroxylation is 2. The van der Waals surface area contributed by atoms with Crippen molar-refractivity contribution in [2.75, 3.05) is 6.61 Å². The highest BCUT2D eigenvalue weighted by atomic mass is 32.1. The van der Waals surface area contributed by atoms with E-state index in [4.69, 9.17) is 5.11 Å². The molecule has 0 aromatic carbocycles. The van der Waals surface area contributed by atoms with E-state index in [2.05, 4.69) is 4.98 Å². The lowest BCUT2D eigenvalue weighted by molar-refractivity contribution is -0.138. The van der Waals surface area contributed by atoms with Crippen LogP contribution in [0.3, 0.4) is 0 Å². The number of aliphatic carboxylic acids is 1. The topological polar surface area (TPSA) is 92.4 Å². The average molecular weight is 308 g/mol. The van der Waals surface area contributed by atoms with Gasteiger partial charge in [0.05, 0.1) is 11.3 Å². The average Bonchev–Trinajstić information content (AvgIpc) is 2.96. The number of hydrogen-bond acceptors (Lipinski definition) is 5. The van der Waals surface area contributed by atoms with Gasteiger partial charge in [0, 0.05) is 18.0 Å². The molecule has 0 bridgehead atoms. The molecule has 2 aromatic rings. The molecule has 1 aliphatic rings. The molecule has 0 amide bonds. The maximum atomic E-state index is 12.7. The zero-order valence-electron chi connectivity index (χ0n) is 11.6. The molecule has 21 heavy (non-hydrogen) atoms. The lowest BCUT2D eigenvalue weighted by atomic mass is 10.0. The van der Waals surface area contributed by atoms with Crippen molar-refractivity contribution in [1.82, 2.24) is 9.55 Å². The van der Waals surface area contributed by atoms with Crippen LogP contribution in [-0.2, 0) is 17.8 Å². The smallest absolute Gasteiger partial charge is 0.311 e. The fourth-order valence-corrected chi connectivity index (χ4v) is 4.25. The Kier molecular flexibility index (Phi) is 3.54. The van der Waals surface area contributed by atoms with E-state index in [-0.39, 0.29) is 12.2 Å². The van der Waals surface area contributed by atoms with Crippen molar-refractivity contribution < 1.29 is 15.0 Å². The quantitative estimate of drug-likeness (QED) is 0.887. The largest absolute Gasteiger partial charge is 0.481 e. The summed E-state index contributed by atoms with van der Waals surface area (Å²) < 4.78 is 1.53. The summed E-state index contributed by atoms with van der Waals surface area (Å²) >= 11 is 1.43. The van der Waals surface area contributed by atoms with Crippen molar-refractivity contribution in [2.24, 2.45) is 0 Å². The molecule has 0 saturated heterocycles. The molecular formula is C14H16N2O4S. The van der Waals surface area contributed by atoms with E-state index in [0.717, 1.165) is 4.88 Å². The van der Waals surface area contributed by atoms with Crippen LogP contribution in [0.15, 0.2) is 4.79 Å². The fourth-order valence-electron chi connectivity index (χ4n) is 2.97. The number of nitrogens with zero attached hydrogens (tertiary/aromatic N) is 2. The first-order valence-electron chi connectivity index (χ1n) is 6.91. The van der Waals surface area contributed by atoms with Gasteiger partial charge >= 0.3 is 5.97 Å². The molecule has 6 nitrogen and oxygen atoms in total. The van der Waals surface area contributed by atoms with Crippen LogP contribution in [0.5, 0.6) is 0 Å². The van der Waals surface area contributed by atoms with E-state index in [9.17, 15) is 14.7 Å². The van der Waals surface area contributed by atoms with Crippen LogP contribution >= 0.6 is 11.3 Å². The first-order chi connectivity index (χ1) is 10.0. The predicted octanol–water partition coefficient (Wildman–Crippen LogP) is 1.26. The van der Waals surface area contributed by atoms with Crippen LogP contribution < -0.4 is 5.56 Å². The van der Waals surface area contributed by atoms with E-state index in [1.807, 2.05) is 0 Å². The first-order valence-corrected chi connectivity index (χ1v) is 7.72. The summed E-state index contributed by atoms with van der Waals surface area (Å²) in [4.78, 5) is 30.1. The summed E-state index contributed by atoms with van der Waals surface area (Å²) in [6.07, 6.45) is 1.72. The van der Waals surface area contributed by atoms with Gasteiger partial charge in [0.2, 0.25) is 0 Å². The molecule has 0 aliphatic heterocycles. The third-order valence-corrected chi connectivity index (χ3v) is 5.12. The van der Waals surface area contributed by atoms with Gasteiger partial charge in [-0.15, -0.1) is 11.3 Å². The van der Waals surface area contributed by atoms with Crippen LogP contribution in [0.1, 0.15) is 35.0 Å². The number of aliphatic hydroxyl groups is 1. The van der Waals surface area contributed by atoms with E-state index in [0.29, 0.717) is 47.4 Å². The molecule has 2 N–H and O–H groups in total. The van der Waals surface area contributed by atoms with E-state index < -0.39 is 11.9 Å². The maximum absolute atomic E-state index is 12.7. The van der Waals surface area contributed by atoms with Gasteiger partial charge in [-0.2, -0.15) is 0 Å². The SMILES string of the molecule is Cc1nc2sc3c(c2c(=O)n1CCCO)C(C(=O)O)CC3. The van der Waals surface area contributed by atoms with E-state index >= 15 is 0 Å². The summed E-state index contributed by atoms with van der Waals surface area (Å²) in [5.41, 5.74) is 0.481. The summed E-state index contributed by atoms with van der Waals surface area (Å²) in [5.74, 6) is -0.875. The molecule has 3 rings (SSSR count). The number of aromatic nitrogens is 2. The molecule has 7 heteroatoms. The van der Waals surface area contributed by atoms with Gasteiger partial charge in [-0.1, -0.05) is 0 Å². The Hall–Kier alpha value is -1.73. The van der Waals surface area contributed by atoms with Crippen molar-refractivity contribution in [3.05, 3.63) is 26.6 Å². The lowest BCUT2D eigenvalue weighted by Crippen LogP contribution is -2.25. The second kappa shape index (κ2) is 5.23. The Morgan fingerprint density at radius 1 is 1.52 bits per heavy atom. The number of thiophene rings is 1. The highest BCUT2D eigenvalue weighted by Crippen LogP contribution is 2.42. The van der Waals surface area contributed by atoms with Crippen LogP contribution in [-0.4, -0.2) is 32.3 Å². The van der Waals surface area contributed by atoms with Crippen molar-refractivity contribution in [3.63, 3.8) is 0 Å². The lowest BCUT2D eigenvalue weighted by Gasteiger charge is -2.10. The number of fused-ring (bicyclic) bond motifs is 3. The zero-order chi connectivity index (χ0) is 15.1. The monoisotopic (exact) mass is 308 g/mol. The third kappa shape index (κ3) is 2.16. The Morgan fingerprint density at radius 3 is 2.95 bits per heavy atom.